The summed E-state index contributed by atoms with van der Waals surface area (Å²) in [7, 11) is -1.75. The van der Waals surface area contributed by atoms with Crippen LogP contribution in [0.1, 0.15) is 12.8 Å². The van der Waals surface area contributed by atoms with E-state index in [-0.39, 0.29) is 18.1 Å². The number of piperidine rings is 1. The minimum atomic E-state index is -3.31. The second kappa shape index (κ2) is 6.58. The van der Waals surface area contributed by atoms with Crippen molar-refractivity contribution in [3.05, 3.63) is 12.4 Å². The van der Waals surface area contributed by atoms with Gasteiger partial charge in [-0.2, -0.15) is 0 Å². The molecule has 0 spiro atoms. The monoisotopic (exact) mass is 342 g/mol. The Hall–Kier alpha value is -1.45. The number of fused-ring (bicyclic) bond motifs is 1. The molecule has 0 aromatic carbocycles. The maximum absolute atomic E-state index is 11.7. The SMILES string of the molecule is COc1cc(N2C[C@@H]3CCCO[C@@H]3[C@H](NS(C)(=O)=O)C2)ncn1. The third-order valence-corrected chi connectivity index (χ3v) is 5.02. The second-order valence-corrected chi connectivity index (χ2v) is 7.84. The van der Waals surface area contributed by atoms with Crippen LogP contribution in [0.25, 0.3) is 0 Å². The molecule has 0 unspecified atom stereocenters. The fourth-order valence-electron chi connectivity index (χ4n) is 3.38. The van der Waals surface area contributed by atoms with Crippen molar-refractivity contribution in [2.45, 2.75) is 25.0 Å². The number of nitrogens with one attached hydrogen (secondary N) is 1. The average molecular weight is 342 g/mol. The predicted molar refractivity (Wildman–Crippen MR) is 85.0 cm³/mol. The van der Waals surface area contributed by atoms with Gasteiger partial charge in [-0.3, -0.25) is 0 Å². The summed E-state index contributed by atoms with van der Waals surface area (Å²) < 4.78 is 37.1. The van der Waals surface area contributed by atoms with Gasteiger partial charge in [0.05, 0.1) is 25.5 Å². The lowest BCUT2D eigenvalue weighted by atomic mass is 9.86. The number of ether oxygens (including phenoxy) is 2. The lowest BCUT2D eigenvalue weighted by molar-refractivity contribution is -0.0495. The molecule has 9 heteroatoms. The van der Waals surface area contributed by atoms with Gasteiger partial charge in [0, 0.05) is 31.7 Å². The third kappa shape index (κ3) is 3.91. The molecule has 0 bridgehead atoms. The van der Waals surface area contributed by atoms with Crippen molar-refractivity contribution in [2.75, 3.05) is 38.0 Å². The molecule has 3 heterocycles. The molecule has 2 saturated heterocycles. The first-order valence-electron chi connectivity index (χ1n) is 7.66. The summed E-state index contributed by atoms with van der Waals surface area (Å²) in [5.41, 5.74) is 0. The van der Waals surface area contributed by atoms with Crippen molar-refractivity contribution in [3.63, 3.8) is 0 Å². The van der Waals surface area contributed by atoms with Crippen molar-refractivity contribution in [3.8, 4) is 5.88 Å². The number of anilines is 1. The molecular weight excluding hydrogens is 320 g/mol. The maximum Gasteiger partial charge on any atom is 0.218 e. The summed E-state index contributed by atoms with van der Waals surface area (Å²) >= 11 is 0. The van der Waals surface area contributed by atoms with Gasteiger partial charge in [-0.15, -0.1) is 0 Å². The topological polar surface area (TPSA) is 93.7 Å². The number of hydrogen-bond acceptors (Lipinski definition) is 7. The highest BCUT2D eigenvalue weighted by atomic mass is 32.2. The van der Waals surface area contributed by atoms with Crippen LogP contribution >= 0.6 is 0 Å². The Morgan fingerprint density at radius 2 is 2.22 bits per heavy atom. The zero-order chi connectivity index (χ0) is 16.4. The number of sulfonamides is 1. The van der Waals surface area contributed by atoms with Crippen molar-refractivity contribution < 1.29 is 17.9 Å². The third-order valence-electron chi connectivity index (χ3n) is 4.29. The molecule has 1 aromatic heterocycles. The molecule has 3 atom stereocenters. The highest BCUT2D eigenvalue weighted by Gasteiger charge is 2.40. The van der Waals surface area contributed by atoms with Crippen LogP contribution in [0.4, 0.5) is 5.82 Å². The Morgan fingerprint density at radius 1 is 1.39 bits per heavy atom. The lowest BCUT2D eigenvalue weighted by Crippen LogP contribution is -2.61. The minimum absolute atomic E-state index is 0.0848. The Balaban J connectivity index is 1.84. The minimum Gasteiger partial charge on any atom is -0.481 e. The van der Waals surface area contributed by atoms with Gasteiger partial charge in [-0.1, -0.05) is 0 Å². The Morgan fingerprint density at radius 3 is 2.96 bits per heavy atom. The highest BCUT2D eigenvalue weighted by molar-refractivity contribution is 7.88. The van der Waals surface area contributed by atoms with Crippen LogP contribution < -0.4 is 14.4 Å². The van der Waals surface area contributed by atoms with Crippen LogP contribution in [0.15, 0.2) is 12.4 Å². The number of hydrogen-bond donors (Lipinski definition) is 1. The molecule has 3 rings (SSSR count). The molecule has 2 fully saturated rings. The molecule has 1 aromatic rings. The molecule has 23 heavy (non-hydrogen) atoms. The average Bonchev–Trinajstić information content (AvgIpc) is 2.53. The second-order valence-electron chi connectivity index (χ2n) is 6.06. The predicted octanol–water partition coefficient (Wildman–Crippen LogP) is 0.0182. The van der Waals surface area contributed by atoms with Gasteiger partial charge in [-0.05, 0) is 12.8 Å². The van der Waals surface area contributed by atoms with Gasteiger partial charge < -0.3 is 14.4 Å². The first-order chi connectivity index (χ1) is 11.0. The first kappa shape index (κ1) is 16.4. The maximum atomic E-state index is 11.7. The van der Waals surface area contributed by atoms with E-state index in [4.69, 9.17) is 9.47 Å². The largest absolute Gasteiger partial charge is 0.481 e. The van der Waals surface area contributed by atoms with Crippen LogP contribution in [0.3, 0.4) is 0 Å². The molecule has 2 aliphatic rings. The van der Waals surface area contributed by atoms with Crippen LogP contribution in [-0.2, 0) is 14.8 Å². The van der Waals surface area contributed by atoms with Gasteiger partial charge in [0.25, 0.3) is 0 Å². The van der Waals surface area contributed by atoms with Gasteiger partial charge in [0.2, 0.25) is 15.9 Å². The fraction of sp³-hybridized carbons (Fsp3) is 0.714. The van der Waals surface area contributed by atoms with Crippen molar-refractivity contribution in [1.82, 2.24) is 14.7 Å². The molecule has 128 valence electrons. The smallest absolute Gasteiger partial charge is 0.218 e. The molecule has 2 aliphatic heterocycles. The van der Waals surface area contributed by atoms with Gasteiger partial charge in [0.1, 0.15) is 12.1 Å². The van der Waals surface area contributed by atoms with E-state index in [1.807, 2.05) is 0 Å². The van der Waals surface area contributed by atoms with Crippen molar-refractivity contribution in [1.29, 1.82) is 0 Å². The van der Waals surface area contributed by atoms with E-state index in [1.54, 1.807) is 13.2 Å². The zero-order valence-corrected chi connectivity index (χ0v) is 14.1. The van der Waals surface area contributed by atoms with E-state index < -0.39 is 10.0 Å². The fourth-order valence-corrected chi connectivity index (χ4v) is 4.14. The first-order valence-corrected chi connectivity index (χ1v) is 9.55. The van der Waals surface area contributed by atoms with Gasteiger partial charge >= 0.3 is 0 Å². The molecule has 0 radical (unpaired) electrons. The van der Waals surface area contributed by atoms with E-state index in [0.29, 0.717) is 19.0 Å². The normalized spacial score (nSPS) is 28.3. The summed E-state index contributed by atoms with van der Waals surface area (Å²) in [6.07, 6.45) is 4.56. The summed E-state index contributed by atoms with van der Waals surface area (Å²) in [6, 6.07) is 1.48. The highest BCUT2D eigenvalue weighted by Crippen LogP contribution is 2.31. The number of aromatic nitrogens is 2. The molecule has 0 saturated carbocycles. The van der Waals surface area contributed by atoms with E-state index >= 15 is 0 Å². The Bertz CT molecular complexity index is 654. The number of rotatable bonds is 4. The molecule has 0 amide bonds. The summed E-state index contributed by atoms with van der Waals surface area (Å²) in [5.74, 6) is 1.50. The zero-order valence-electron chi connectivity index (χ0n) is 13.3. The van der Waals surface area contributed by atoms with Crippen molar-refractivity contribution >= 4 is 15.8 Å². The Labute approximate surface area is 136 Å². The molecule has 0 aliphatic carbocycles. The van der Waals surface area contributed by atoms with E-state index in [1.165, 1.54) is 12.6 Å². The number of methoxy groups -OCH3 is 1. The van der Waals surface area contributed by atoms with Gasteiger partial charge in [-0.25, -0.2) is 23.1 Å². The van der Waals surface area contributed by atoms with Crippen LogP contribution in [0.5, 0.6) is 5.88 Å². The molecule has 1 N–H and O–H groups in total. The summed E-state index contributed by atoms with van der Waals surface area (Å²) in [5, 5.41) is 0. The number of nitrogens with zero attached hydrogens (tertiary/aromatic N) is 3. The van der Waals surface area contributed by atoms with Crippen LogP contribution in [-0.4, -0.2) is 63.6 Å². The standard InChI is InChI=1S/C14H22N4O4S/c1-21-13-6-12(15-9-16-13)18-7-10-4-3-5-22-14(10)11(8-18)17-23(2,19)20/h6,9-11,14,17H,3-5,7-8H2,1-2H3/t10-,11+,14-/m0/s1. The Kier molecular flexibility index (Phi) is 4.69. The molecular formula is C14H22N4O4S. The quantitative estimate of drug-likeness (QED) is 0.824. The summed E-state index contributed by atoms with van der Waals surface area (Å²) in [4.78, 5) is 10.4. The van der Waals surface area contributed by atoms with E-state index in [0.717, 1.165) is 25.2 Å². The van der Waals surface area contributed by atoms with Gasteiger partial charge in [0.15, 0.2) is 0 Å². The van der Waals surface area contributed by atoms with Crippen LogP contribution in [0.2, 0.25) is 0 Å². The van der Waals surface area contributed by atoms with Crippen molar-refractivity contribution in [2.24, 2.45) is 5.92 Å². The van der Waals surface area contributed by atoms with E-state index in [9.17, 15) is 8.42 Å². The van der Waals surface area contributed by atoms with Crippen LogP contribution in [0, 0.1) is 5.92 Å². The molecule has 8 nitrogen and oxygen atoms in total. The van der Waals surface area contributed by atoms with E-state index in [2.05, 4.69) is 19.6 Å². The lowest BCUT2D eigenvalue weighted by Gasteiger charge is -2.46. The summed E-state index contributed by atoms with van der Waals surface area (Å²) in [6.45, 7) is 1.98.